The molecule has 112 valence electrons. The number of benzene rings is 2. The van der Waals surface area contributed by atoms with E-state index in [1.807, 2.05) is 54.6 Å². The second kappa shape index (κ2) is 6.45. The predicted molar refractivity (Wildman–Crippen MR) is 84.6 cm³/mol. The van der Waals surface area contributed by atoms with E-state index in [4.69, 9.17) is 4.42 Å². The number of aliphatic hydroxyl groups excluding tert-OH is 1. The Morgan fingerprint density at radius 1 is 1.09 bits per heavy atom. The lowest BCUT2D eigenvalue weighted by molar-refractivity contribution is 0.0904. The van der Waals surface area contributed by atoms with Crippen LogP contribution in [0.5, 0.6) is 0 Å². The number of hydrogen-bond donors (Lipinski definition) is 2. The maximum Gasteiger partial charge on any atom is 0.287 e. The molecule has 1 unspecified atom stereocenters. The van der Waals surface area contributed by atoms with Crippen molar-refractivity contribution >= 4 is 16.9 Å². The third kappa shape index (κ3) is 3.02. The Labute approximate surface area is 128 Å². The highest BCUT2D eigenvalue weighted by molar-refractivity contribution is 5.96. The Hall–Kier alpha value is -2.59. The number of aliphatic hydroxyl groups is 1. The van der Waals surface area contributed by atoms with Gasteiger partial charge in [0.15, 0.2) is 5.76 Å². The molecular formula is C18H17NO3. The van der Waals surface area contributed by atoms with Crippen LogP contribution in [0.1, 0.15) is 28.6 Å². The van der Waals surface area contributed by atoms with Crippen molar-refractivity contribution in [1.82, 2.24) is 5.32 Å². The Kier molecular flexibility index (Phi) is 4.21. The van der Waals surface area contributed by atoms with Gasteiger partial charge >= 0.3 is 0 Å². The van der Waals surface area contributed by atoms with Gasteiger partial charge in [0.25, 0.3) is 5.91 Å². The van der Waals surface area contributed by atoms with E-state index in [9.17, 15) is 9.90 Å². The molecule has 1 atom stereocenters. The first kappa shape index (κ1) is 14.4. The summed E-state index contributed by atoms with van der Waals surface area (Å²) >= 11 is 0. The Morgan fingerprint density at radius 2 is 1.82 bits per heavy atom. The molecule has 0 radical (unpaired) electrons. The molecular weight excluding hydrogens is 278 g/mol. The maximum absolute atomic E-state index is 12.4. The van der Waals surface area contributed by atoms with Crippen molar-refractivity contribution in [3.8, 4) is 0 Å². The first-order chi connectivity index (χ1) is 10.8. The van der Waals surface area contributed by atoms with Gasteiger partial charge in [-0.05, 0) is 24.1 Å². The number of hydrogen-bond acceptors (Lipinski definition) is 3. The van der Waals surface area contributed by atoms with E-state index in [0.717, 1.165) is 10.9 Å². The molecule has 1 heterocycles. The van der Waals surface area contributed by atoms with Crippen LogP contribution >= 0.6 is 0 Å². The summed E-state index contributed by atoms with van der Waals surface area (Å²) < 4.78 is 5.57. The van der Waals surface area contributed by atoms with Crippen molar-refractivity contribution in [2.75, 3.05) is 6.61 Å². The summed E-state index contributed by atoms with van der Waals surface area (Å²) in [6.07, 6.45) is 0.454. The molecule has 1 aromatic heterocycles. The minimum Gasteiger partial charge on any atom is -0.451 e. The Balaban J connectivity index is 1.81. The van der Waals surface area contributed by atoms with Crippen LogP contribution in [0.15, 0.2) is 65.1 Å². The lowest BCUT2D eigenvalue weighted by Gasteiger charge is -2.17. The molecule has 22 heavy (non-hydrogen) atoms. The van der Waals surface area contributed by atoms with Crippen molar-refractivity contribution in [3.63, 3.8) is 0 Å². The normalized spacial score (nSPS) is 12.2. The van der Waals surface area contributed by atoms with Crippen LogP contribution in [0.3, 0.4) is 0 Å². The van der Waals surface area contributed by atoms with Crippen LogP contribution in [0.25, 0.3) is 11.0 Å². The topological polar surface area (TPSA) is 62.5 Å². The fourth-order valence-corrected chi connectivity index (χ4v) is 2.46. The van der Waals surface area contributed by atoms with Crippen molar-refractivity contribution in [2.24, 2.45) is 0 Å². The van der Waals surface area contributed by atoms with Crippen molar-refractivity contribution in [3.05, 3.63) is 72.0 Å². The molecule has 4 heteroatoms. The summed E-state index contributed by atoms with van der Waals surface area (Å²) in [7, 11) is 0. The first-order valence-corrected chi connectivity index (χ1v) is 7.23. The summed E-state index contributed by atoms with van der Waals surface area (Å²) in [5.41, 5.74) is 1.65. The van der Waals surface area contributed by atoms with Crippen LogP contribution in [0.4, 0.5) is 0 Å². The van der Waals surface area contributed by atoms with E-state index < -0.39 is 0 Å². The molecule has 0 bridgehead atoms. The van der Waals surface area contributed by atoms with Gasteiger partial charge in [0.1, 0.15) is 5.58 Å². The first-order valence-electron chi connectivity index (χ1n) is 7.23. The lowest BCUT2D eigenvalue weighted by Crippen LogP contribution is -2.28. The summed E-state index contributed by atoms with van der Waals surface area (Å²) in [6.45, 7) is -0.0000285. The van der Waals surface area contributed by atoms with Crippen molar-refractivity contribution < 1.29 is 14.3 Å². The molecule has 0 fully saturated rings. The smallest absolute Gasteiger partial charge is 0.287 e. The van der Waals surface area contributed by atoms with Gasteiger partial charge in [-0.3, -0.25) is 4.79 Å². The molecule has 1 amide bonds. The molecule has 2 N–H and O–H groups in total. The summed E-state index contributed by atoms with van der Waals surface area (Å²) in [4.78, 5) is 12.4. The average molecular weight is 295 g/mol. The minimum atomic E-state index is -0.279. The van der Waals surface area contributed by atoms with Gasteiger partial charge in [-0.25, -0.2) is 0 Å². The van der Waals surface area contributed by atoms with Gasteiger partial charge < -0.3 is 14.8 Å². The number of rotatable bonds is 5. The fraction of sp³-hybridized carbons (Fsp3) is 0.167. The highest BCUT2D eigenvalue weighted by atomic mass is 16.3. The molecule has 3 rings (SSSR count). The van der Waals surface area contributed by atoms with E-state index in [1.54, 1.807) is 6.07 Å². The average Bonchev–Trinajstić information content (AvgIpc) is 2.99. The van der Waals surface area contributed by atoms with Gasteiger partial charge in [0.2, 0.25) is 0 Å². The van der Waals surface area contributed by atoms with Crippen LogP contribution in [-0.2, 0) is 0 Å². The van der Waals surface area contributed by atoms with Crippen LogP contribution < -0.4 is 5.32 Å². The molecule has 0 saturated heterocycles. The summed E-state index contributed by atoms with van der Waals surface area (Å²) in [6, 6.07) is 18.6. The van der Waals surface area contributed by atoms with E-state index in [0.29, 0.717) is 12.0 Å². The molecule has 0 aliphatic carbocycles. The quantitative estimate of drug-likeness (QED) is 0.759. The van der Waals surface area contributed by atoms with Crippen LogP contribution in [-0.4, -0.2) is 17.6 Å². The third-order valence-electron chi connectivity index (χ3n) is 3.57. The maximum atomic E-state index is 12.4. The molecule has 3 aromatic rings. The molecule has 0 aliphatic rings. The molecule has 0 spiro atoms. The zero-order chi connectivity index (χ0) is 15.4. The number of amides is 1. The highest BCUT2D eigenvalue weighted by Crippen LogP contribution is 2.21. The fourth-order valence-electron chi connectivity index (χ4n) is 2.46. The number of fused-ring (bicyclic) bond motifs is 1. The third-order valence-corrected chi connectivity index (χ3v) is 3.57. The lowest BCUT2D eigenvalue weighted by atomic mass is 10.0. The van der Waals surface area contributed by atoms with Crippen LogP contribution in [0.2, 0.25) is 0 Å². The van der Waals surface area contributed by atoms with E-state index in [-0.39, 0.29) is 24.3 Å². The minimum absolute atomic E-state index is 0.0000285. The molecule has 4 nitrogen and oxygen atoms in total. The second-order valence-corrected chi connectivity index (χ2v) is 5.10. The predicted octanol–water partition coefficient (Wildman–Crippen LogP) is 3.29. The number of para-hydroxylation sites is 1. The summed E-state index contributed by atoms with van der Waals surface area (Å²) in [5, 5.41) is 13.0. The summed E-state index contributed by atoms with van der Waals surface area (Å²) in [5.74, 6) is -0.00132. The van der Waals surface area contributed by atoms with Gasteiger partial charge in [-0.15, -0.1) is 0 Å². The van der Waals surface area contributed by atoms with E-state index >= 15 is 0 Å². The van der Waals surface area contributed by atoms with Crippen molar-refractivity contribution in [2.45, 2.75) is 12.5 Å². The second-order valence-electron chi connectivity index (χ2n) is 5.10. The highest BCUT2D eigenvalue weighted by Gasteiger charge is 2.18. The van der Waals surface area contributed by atoms with Gasteiger partial charge in [0.05, 0.1) is 6.04 Å². The zero-order valence-electron chi connectivity index (χ0n) is 12.0. The molecule has 2 aromatic carbocycles. The van der Waals surface area contributed by atoms with Gasteiger partial charge in [0, 0.05) is 12.0 Å². The van der Waals surface area contributed by atoms with E-state index in [2.05, 4.69) is 5.32 Å². The van der Waals surface area contributed by atoms with Gasteiger partial charge in [-0.2, -0.15) is 0 Å². The SMILES string of the molecule is O=C(NC(CCO)c1ccccc1)c1cc2ccccc2o1. The largest absolute Gasteiger partial charge is 0.451 e. The Morgan fingerprint density at radius 3 is 2.55 bits per heavy atom. The standard InChI is InChI=1S/C18H17NO3/c20-11-10-15(13-6-2-1-3-7-13)19-18(21)17-12-14-8-4-5-9-16(14)22-17/h1-9,12,15,20H,10-11H2,(H,19,21). The van der Waals surface area contributed by atoms with Crippen LogP contribution in [0, 0.1) is 0 Å². The Bertz CT molecular complexity index is 731. The number of nitrogens with one attached hydrogen (secondary N) is 1. The molecule has 0 saturated carbocycles. The van der Waals surface area contributed by atoms with E-state index in [1.165, 1.54) is 0 Å². The van der Waals surface area contributed by atoms with Gasteiger partial charge in [-0.1, -0.05) is 48.5 Å². The number of carbonyl (C=O) groups is 1. The zero-order valence-corrected chi connectivity index (χ0v) is 12.0. The number of furan rings is 1. The monoisotopic (exact) mass is 295 g/mol. The van der Waals surface area contributed by atoms with Crippen molar-refractivity contribution in [1.29, 1.82) is 0 Å². The number of carbonyl (C=O) groups excluding carboxylic acids is 1. The molecule has 0 aliphatic heterocycles.